The summed E-state index contributed by atoms with van der Waals surface area (Å²) in [5.74, 6) is 1.47. The molecule has 0 aliphatic carbocycles. The second-order valence-corrected chi connectivity index (χ2v) is 7.02. The first-order valence-corrected chi connectivity index (χ1v) is 10.1. The predicted octanol–water partition coefficient (Wildman–Crippen LogP) is 6.43. The Balaban J connectivity index is 1.38. The van der Waals surface area contributed by atoms with Crippen molar-refractivity contribution in [3.63, 3.8) is 0 Å². The lowest BCUT2D eigenvalue weighted by Gasteiger charge is -2.07. The molecule has 0 aliphatic rings. The highest BCUT2D eigenvalue weighted by atomic mass is 16.5. The summed E-state index contributed by atoms with van der Waals surface area (Å²) in [6.45, 7) is 0. The minimum absolute atomic E-state index is 0.733. The molecule has 0 saturated carbocycles. The van der Waals surface area contributed by atoms with Crippen molar-refractivity contribution < 1.29 is 9.47 Å². The monoisotopic (exact) mass is 408 g/mol. The van der Waals surface area contributed by atoms with Gasteiger partial charge in [0.25, 0.3) is 0 Å². The molecule has 31 heavy (non-hydrogen) atoms. The number of hydrogen-bond donors (Lipinski definition) is 0. The molecule has 0 saturated heterocycles. The van der Waals surface area contributed by atoms with E-state index in [0.717, 1.165) is 51.3 Å². The molecule has 0 atom stereocenters. The molecule has 154 valence electrons. The van der Waals surface area contributed by atoms with Gasteiger partial charge in [-0.05, 0) is 41.8 Å². The number of nitrogens with zero attached hydrogens (tertiary/aromatic N) is 2. The first kappa shape index (κ1) is 20.4. The minimum atomic E-state index is 0.733. The van der Waals surface area contributed by atoms with Gasteiger partial charge in [0, 0.05) is 5.56 Å². The van der Waals surface area contributed by atoms with Gasteiger partial charge in [-0.1, -0.05) is 66.8 Å². The van der Waals surface area contributed by atoms with Crippen molar-refractivity contribution in [3.8, 4) is 22.8 Å². The van der Waals surface area contributed by atoms with E-state index >= 15 is 0 Å². The molecule has 4 aromatic rings. The molecule has 0 fully saturated rings. The number of hydrogen-bond acceptors (Lipinski definition) is 4. The quantitative estimate of drug-likeness (QED) is 0.353. The van der Waals surface area contributed by atoms with Crippen molar-refractivity contribution >= 4 is 23.2 Å². The van der Waals surface area contributed by atoms with E-state index in [0.29, 0.717) is 0 Å². The van der Waals surface area contributed by atoms with Crippen molar-refractivity contribution in [1.29, 1.82) is 0 Å². The van der Waals surface area contributed by atoms with Crippen LogP contribution in [0.25, 0.3) is 34.4 Å². The second-order valence-electron chi connectivity index (χ2n) is 7.02. The zero-order chi connectivity index (χ0) is 21.5. The van der Waals surface area contributed by atoms with E-state index in [-0.39, 0.29) is 0 Å². The topological polar surface area (TPSA) is 44.2 Å². The highest BCUT2D eigenvalue weighted by Gasteiger charge is 2.03. The fourth-order valence-corrected chi connectivity index (χ4v) is 3.30. The van der Waals surface area contributed by atoms with Gasteiger partial charge in [0.15, 0.2) is 11.5 Å². The first-order chi connectivity index (χ1) is 15.3. The average Bonchev–Trinajstić information content (AvgIpc) is 2.83. The SMILES string of the molecule is COc1ccc(C=CCC=Cc2ccc(-c3cnc4ccccc4n3)cc2)cc1OC. The standard InChI is InChI=1S/C27H24N2O2/c1-30-26-17-14-21(18-27(26)31-2)9-5-3-4-8-20-12-15-22(16-13-20)25-19-28-23-10-6-7-11-24(23)29-25/h4-19H,3H2,1-2H3. The third kappa shape index (κ3) is 4.98. The van der Waals surface area contributed by atoms with Crippen molar-refractivity contribution in [2.24, 2.45) is 0 Å². The zero-order valence-electron chi connectivity index (χ0n) is 17.7. The fraction of sp³-hybridized carbons (Fsp3) is 0.111. The molecule has 0 unspecified atom stereocenters. The predicted molar refractivity (Wildman–Crippen MR) is 127 cm³/mol. The Hall–Kier alpha value is -3.92. The van der Waals surface area contributed by atoms with E-state index in [1.54, 1.807) is 14.2 Å². The third-order valence-electron chi connectivity index (χ3n) is 4.96. The molecule has 4 heteroatoms. The molecule has 1 heterocycles. The summed E-state index contributed by atoms with van der Waals surface area (Å²) in [5, 5.41) is 0. The maximum absolute atomic E-state index is 5.34. The van der Waals surface area contributed by atoms with Crippen LogP contribution in [-0.2, 0) is 0 Å². The van der Waals surface area contributed by atoms with Gasteiger partial charge in [-0.2, -0.15) is 0 Å². The number of aromatic nitrogens is 2. The molecule has 0 radical (unpaired) electrons. The molecular weight excluding hydrogens is 384 g/mol. The summed E-state index contributed by atoms with van der Waals surface area (Å²) in [4.78, 5) is 9.20. The van der Waals surface area contributed by atoms with Gasteiger partial charge < -0.3 is 9.47 Å². The summed E-state index contributed by atoms with van der Waals surface area (Å²) in [7, 11) is 3.28. The minimum Gasteiger partial charge on any atom is -0.493 e. The van der Waals surface area contributed by atoms with Crippen LogP contribution in [-0.4, -0.2) is 24.2 Å². The molecule has 1 aromatic heterocycles. The van der Waals surface area contributed by atoms with Crippen molar-refractivity contribution in [1.82, 2.24) is 9.97 Å². The highest BCUT2D eigenvalue weighted by Crippen LogP contribution is 2.28. The van der Waals surface area contributed by atoms with Crippen LogP contribution in [0.5, 0.6) is 11.5 Å². The lowest BCUT2D eigenvalue weighted by atomic mass is 10.1. The van der Waals surface area contributed by atoms with Crippen molar-refractivity contribution in [2.75, 3.05) is 14.2 Å². The van der Waals surface area contributed by atoms with E-state index in [2.05, 4.69) is 53.6 Å². The van der Waals surface area contributed by atoms with Gasteiger partial charge >= 0.3 is 0 Å². The average molecular weight is 409 g/mol. The van der Waals surface area contributed by atoms with E-state index in [1.807, 2.05) is 48.7 Å². The highest BCUT2D eigenvalue weighted by molar-refractivity contribution is 5.77. The summed E-state index contributed by atoms with van der Waals surface area (Å²) in [6.07, 6.45) is 11.1. The Morgan fingerprint density at radius 1 is 0.742 bits per heavy atom. The fourth-order valence-electron chi connectivity index (χ4n) is 3.30. The number of rotatable bonds is 7. The summed E-state index contributed by atoms with van der Waals surface area (Å²) >= 11 is 0. The third-order valence-corrected chi connectivity index (χ3v) is 4.96. The number of allylic oxidation sites excluding steroid dienone is 2. The largest absolute Gasteiger partial charge is 0.493 e. The van der Waals surface area contributed by atoms with E-state index in [9.17, 15) is 0 Å². The van der Waals surface area contributed by atoms with E-state index in [1.165, 1.54) is 0 Å². The number of benzene rings is 3. The molecule has 4 nitrogen and oxygen atoms in total. The number of fused-ring (bicyclic) bond motifs is 1. The lowest BCUT2D eigenvalue weighted by molar-refractivity contribution is 0.355. The molecule has 0 bridgehead atoms. The van der Waals surface area contributed by atoms with Gasteiger partial charge in [-0.3, -0.25) is 4.98 Å². The van der Waals surface area contributed by atoms with Crippen LogP contribution in [0.1, 0.15) is 17.5 Å². The van der Waals surface area contributed by atoms with Gasteiger partial charge in [-0.25, -0.2) is 4.98 Å². The molecule has 3 aromatic carbocycles. The molecule has 4 rings (SSSR count). The molecule has 0 N–H and O–H groups in total. The van der Waals surface area contributed by atoms with E-state index < -0.39 is 0 Å². The zero-order valence-corrected chi connectivity index (χ0v) is 17.7. The van der Waals surface area contributed by atoms with Crippen LogP contribution in [0.3, 0.4) is 0 Å². The Kier molecular flexibility index (Phi) is 6.38. The second kappa shape index (κ2) is 9.72. The van der Waals surface area contributed by atoms with Crippen LogP contribution in [0.15, 0.2) is 85.1 Å². The number of ether oxygens (including phenoxy) is 2. The summed E-state index contributed by atoms with van der Waals surface area (Å²) < 4.78 is 10.6. The van der Waals surface area contributed by atoms with Gasteiger partial charge in [0.05, 0.1) is 37.1 Å². The number of methoxy groups -OCH3 is 2. The molecule has 0 spiro atoms. The lowest BCUT2D eigenvalue weighted by Crippen LogP contribution is -1.90. The Labute approximate surface area is 182 Å². The first-order valence-electron chi connectivity index (χ1n) is 10.1. The smallest absolute Gasteiger partial charge is 0.161 e. The summed E-state index contributed by atoms with van der Waals surface area (Å²) in [6, 6.07) is 22.2. The molecule has 0 aliphatic heterocycles. The maximum atomic E-state index is 5.34. The van der Waals surface area contributed by atoms with Gasteiger partial charge in [0.1, 0.15) is 0 Å². The molecular formula is C27H24N2O2. The van der Waals surface area contributed by atoms with Crippen LogP contribution in [0.2, 0.25) is 0 Å². The van der Waals surface area contributed by atoms with E-state index in [4.69, 9.17) is 14.5 Å². The van der Waals surface area contributed by atoms with Crippen LogP contribution in [0.4, 0.5) is 0 Å². The number of para-hydroxylation sites is 2. The van der Waals surface area contributed by atoms with Crippen LogP contribution < -0.4 is 9.47 Å². The van der Waals surface area contributed by atoms with Crippen LogP contribution in [0, 0.1) is 0 Å². The summed E-state index contributed by atoms with van der Waals surface area (Å²) in [5.41, 5.74) is 5.98. The Bertz CT molecular complexity index is 1230. The Morgan fingerprint density at radius 2 is 1.42 bits per heavy atom. The van der Waals surface area contributed by atoms with Gasteiger partial charge in [-0.15, -0.1) is 0 Å². The molecule has 0 amide bonds. The normalized spacial score (nSPS) is 11.4. The Morgan fingerprint density at radius 3 is 2.16 bits per heavy atom. The van der Waals surface area contributed by atoms with Crippen LogP contribution >= 0.6 is 0 Å². The van der Waals surface area contributed by atoms with Crippen molar-refractivity contribution in [2.45, 2.75) is 6.42 Å². The van der Waals surface area contributed by atoms with Crippen molar-refractivity contribution in [3.05, 3.63) is 96.2 Å². The maximum Gasteiger partial charge on any atom is 0.161 e. The van der Waals surface area contributed by atoms with Gasteiger partial charge in [0.2, 0.25) is 0 Å².